The lowest BCUT2D eigenvalue weighted by molar-refractivity contribution is -1.45. The second-order valence-corrected chi connectivity index (χ2v) is 6.52. The molecule has 4 heteroatoms. The van der Waals surface area contributed by atoms with Crippen LogP contribution in [-0.4, -0.2) is 59.5 Å². The molecule has 2 aliphatic heterocycles. The molecule has 2 aliphatic rings. The Morgan fingerprint density at radius 2 is 1.20 bits per heavy atom. The van der Waals surface area contributed by atoms with Crippen molar-refractivity contribution in [3.05, 3.63) is 24.8 Å². The quantitative estimate of drug-likeness (QED) is 0.662. The Morgan fingerprint density at radius 1 is 0.800 bits per heavy atom. The summed E-state index contributed by atoms with van der Waals surface area (Å²) in [6.45, 7) is 9.26. The highest BCUT2D eigenvalue weighted by atomic mass is 15.9. The van der Waals surface area contributed by atoms with E-state index in [1.165, 1.54) is 38.8 Å². The zero-order chi connectivity index (χ0) is 14.6. The first kappa shape index (κ1) is 15.4. The SMILES string of the molecule is CCCC[N+]1([N+]2(CCCC)C=CN(C)C2)C=CN(C)C1. The standard InChI is InChI=1S/C16H32N4/c1-5-7-11-19(13-9-17(3)15-19)20(12-8-6-2)14-10-18(4)16-20/h9-10,13-14H,5-8,11-12,15-16H2,1-4H3/q+2. The topological polar surface area (TPSA) is 6.48 Å². The van der Waals surface area contributed by atoms with Gasteiger partial charge in [0.25, 0.3) is 0 Å². The van der Waals surface area contributed by atoms with Gasteiger partial charge in [-0.05, 0) is 0 Å². The number of rotatable bonds is 7. The third-order valence-corrected chi connectivity index (χ3v) is 4.72. The van der Waals surface area contributed by atoms with Crippen molar-refractivity contribution in [3.8, 4) is 0 Å². The first-order valence-electron chi connectivity index (χ1n) is 8.11. The minimum Gasteiger partial charge on any atom is -0.325 e. The van der Waals surface area contributed by atoms with Crippen molar-refractivity contribution in [1.29, 1.82) is 0 Å². The molecule has 0 N–H and O–H groups in total. The molecule has 0 fully saturated rings. The molecule has 0 radical (unpaired) electrons. The molecule has 114 valence electrons. The highest BCUT2D eigenvalue weighted by molar-refractivity contribution is 4.82. The molecular weight excluding hydrogens is 248 g/mol. The van der Waals surface area contributed by atoms with E-state index in [9.17, 15) is 0 Å². The van der Waals surface area contributed by atoms with Gasteiger partial charge < -0.3 is 9.80 Å². The van der Waals surface area contributed by atoms with Crippen molar-refractivity contribution in [2.45, 2.75) is 39.5 Å². The van der Waals surface area contributed by atoms with Crippen LogP contribution in [0.5, 0.6) is 0 Å². The summed E-state index contributed by atoms with van der Waals surface area (Å²) in [5.74, 6) is 0. The Bertz CT molecular complexity index is 343. The number of nitrogens with zero attached hydrogens (tertiary/aromatic N) is 4. The van der Waals surface area contributed by atoms with Crippen LogP contribution in [0.15, 0.2) is 24.8 Å². The van der Waals surface area contributed by atoms with Crippen LogP contribution in [0.3, 0.4) is 0 Å². The Kier molecular flexibility index (Phi) is 4.76. The second-order valence-electron chi connectivity index (χ2n) is 6.52. The fourth-order valence-electron chi connectivity index (χ4n) is 3.51. The number of hydrogen-bond donors (Lipinski definition) is 0. The fraction of sp³-hybridized carbons (Fsp3) is 0.750. The van der Waals surface area contributed by atoms with Gasteiger partial charge in [-0.2, -0.15) is 0 Å². The van der Waals surface area contributed by atoms with E-state index >= 15 is 0 Å². The van der Waals surface area contributed by atoms with Crippen LogP contribution in [-0.2, 0) is 0 Å². The van der Waals surface area contributed by atoms with Crippen molar-refractivity contribution in [1.82, 2.24) is 9.80 Å². The van der Waals surface area contributed by atoms with Gasteiger partial charge in [-0.25, -0.2) is 0 Å². The summed E-state index contributed by atoms with van der Waals surface area (Å²) >= 11 is 0. The maximum absolute atomic E-state index is 2.44. The molecule has 0 aromatic heterocycles. The van der Waals surface area contributed by atoms with Crippen LogP contribution < -0.4 is 0 Å². The molecule has 0 saturated heterocycles. The fourth-order valence-corrected chi connectivity index (χ4v) is 3.51. The second kappa shape index (κ2) is 6.19. The average molecular weight is 280 g/mol. The number of unbranched alkanes of at least 4 members (excludes halogenated alkanes) is 2. The molecule has 2 unspecified atom stereocenters. The van der Waals surface area contributed by atoms with E-state index in [1.807, 2.05) is 0 Å². The summed E-state index contributed by atoms with van der Waals surface area (Å²) in [5.41, 5.74) is 0. The van der Waals surface area contributed by atoms with Gasteiger partial charge in [-0.1, -0.05) is 26.7 Å². The maximum Gasteiger partial charge on any atom is 0.202 e. The Hall–Kier alpha value is -1.00. The zero-order valence-corrected chi connectivity index (χ0v) is 13.8. The maximum atomic E-state index is 2.44. The van der Waals surface area contributed by atoms with Crippen LogP contribution in [0, 0.1) is 0 Å². The largest absolute Gasteiger partial charge is 0.325 e. The Labute approximate surface area is 124 Å². The summed E-state index contributed by atoms with van der Waals surface area (Å²) in [6.07, 6.45) is 14.5. The molecule has 2 rings (SSSR count). The molecule has 0 aromatic rings. The predicted octanol–water partition coefficient (Wildman–Crippen LogP) is 2.88. The van der Waals surface area contributed by atoms with Gasteiger partial charge in [-0.15, -0.1) is 9.18 Å². The summed E-state index contributed by atoms with van der Waals surface area (Å²) in [4.78, 5) is 4.68. The van der Waals surface area contributed by atoms with Crippen LogP contribution in [0.25, 0.3) is 0 Å². The third-order valence-electron chi connectivity index (χ3n) is 4.72. The van der Waals surface area contributed by atoms with Crippen molar-refractivity contribution in [2.75, 3.05) is 40.5 Å². The first-order chi connectivity index (χ1) is 9.57. The van der Waals surface area contributed by atoms with Gasteiger partial charge in [0.15, 0.2) is 12.4 Å². The van der Waals surface area contributed by atoms with Gasteiger partial charge in [0.2, 0.25) is 13.3 Å². The molecule has 0 spiro atoms. The van der Waals surface area contributed by atoms with Gasteiger partial charge in [0, 0.05) is 26.9 Å². The van der Waals surface area contributed by atoms with Crippen molar-refractivity contribution < 1.29 is 9.18 Å². The molecule has 0 aromatic carbocycles. The van der Waals surface area contributed by atoms with Crippen molar-refractivity contribution in [2.24, 2.45) is 0 Å². The monoisotopic (exact) mass is 280 g/mol. The molecule has 4 nitrogen and oxygen atoms in total. The van der Waals surface area contributed by atoms with Gasteiger partial charge >= 0.3 is 0 Å². The lowest BCUT2D eigenvalue weighted by atomic mass is 10.2. The predicted molar refractivity (Wildman–Crippen MR) is 83.6 cm³/mol. The smallest absolute Gasteiger partial charge is 0.202 e. The van der Waals surface area contributed by atoms with E-state index in [1.54, 1.807) is 0 Å². The Balaban J connectivity index is 2.28. The molecular formula is C16H32N4+2. The van der Waals surface area contributed by atoms with Gasteiger partial charge in [0.05, 0.1) is 12.4 Å². The summed E-state index contributed by atoms with van der Waals surface area (Å²) in [7, 11) is 4.39. The zero-order valence-electron chi connectivity index (χ0n) is 13.8. The Morgan fingerprint density at radius 3 is 1.45 bits per heavy atom. The van der Waals surface area contributed by atoms with E-state index in [4.69, 9.17) is 0 Å². The lowest BCUT2D eigenvalue weighted by Gasteiger charge is -2.46. The van der Waals surface area contributed by atoms with E-state index in [0.717, 1.165) is 22.5 Å². The van der Waals surface area contributed by atoms with Crippen LogP contribution in [0.2, 0.25) is 0 Å². The molecule has 0 saturated carbocycles. The summed E-state index contributed by atoms with van der Waals surface area (Å²) < 4.78 is 2.12. The third kappa shape index (κ3) is 2.72. The van der Waals surface area contributed by atoms with E-state index in [0.29, 0.717) is 0 Å². The van der Waals surface area contributed by atoms with Gasteiger partial charge in [-0.3, -0.25) is 0 Å². The van der Waals surface area contributed by atoms with E-state index in [2.05, 4.69) is 62.5 Å². The average Bonchev–Trinajstić information content (AvgIpc) is 3.00. The van der Waals surface area contributed by atoms with Crippen LogP contribution in [0.1, 0.15) is 39.5 Å². The summed E-state index contributed by atoms with van der Waals surface area (Å²) in [6, 6.07) is 0. The molecule has 2 atom stereocenters. The van der Waals surface area contributed by atoms with E-state index < -0.39 is 0 Å². The minimum atomic E-state index is 1.06. The number of hydrogen-bond acceptors (Lipinski definition) is 2. The molecule has 20 heavy (non-hydrogen) atoms. The lowest BCUT2D eigenvalue weighted by Crippen LogP contribution is -2.68. The molecule has 0 aliphatic carbocycles. The van der Waals surface area contributed by atoms with Gasteiger partial charge in [0.1, 0.15) is 13.1 Å². The van der Waals surface area contributed by atoms with E-state index in [-0.39, 0.29) is 0 Å². The molecule has 0 bridgehead atoms. The minimum absolute atomic E-state index is 1.06. The highest BCUT2D eigenvalue weighted by Gasteiger charge is 2.52. The number of quaternary nitrogens is 2. The normalized spacial score (nSPS) is 32.6. The van der Waals surface area contributed by atoms with Crippen molar-refractivity contribution >= 4 is 0 Å². The summed E-state index contributed by atoms with van der Waals surface area (Å²) in [5, 5.41) is 0. The molecule has 0 amide bonds. The highest BCUT2D eigenvalue weighted by Crippen LogP contribution is 2.34. The van der Waals surface area contributed by atoms with Crippen molar-refractivity contribution in [3.63, 3.8) is 0 Å². The molecule has 2 heterocycles. The van der Waals surface area contributed by atoms with Crippen LogP contribution in [0.4, 0.5) is 0 Å². The first-order valence-corrected chi connectivity index (χ1v) is 8.11. The van der Waals surface area contributed by atoms with Crippen LogP contribution >= 0.6 is 0 Å².